The predicted octanol–water partition coefficient (Wildman–Crippen LogP) is 3.21. The van der Waals surface area contributed by atoms with E-state index < -0.39 is 0 Å². The monoisotopic (exact) mass is 342 g/mol. The van der Waals surface area contributed by atoms with Crippen molar-refractivity contribution in [3.8, 4) is 5.75 Å². The van der Waals surface area contributed by atoms with Gasteiger partial charge in [0.15, 0.2) is 6.73 Å². The number of halogens is 1. The van der Waals surface area contributed by atoms with Gasteiger partial charge in [-0.3, -0.25) is 4.90 Å². The zero-order chi connectivity index (χ0) is 16.8. The average molecular weight is 343 g/mol. The Bertz CT molecular complexity index is 712. The normalized spacial score (nSPS) is 15.2. The minimum Gasteiger partial charge on any atom is -0.473 e. The van der Waals surface area contributed by atoms with E-state index in [9.17, 15) is 4.79 Å². The Morgan fingerprint density at radius 1 is 1.04 bits per heavy atom. The molecule has 0 N–H and O–H groups in total. The van der Waals surface area contributed by atoms with Crippen LogP contribution in [0.3, 0.4) is 0 Å². The van der Waals surface area contributed by atoms with Crippen LogP contribution < -0.4 is 4.74 Å². The SMILES string of the molecule is O=C=C1CN(Cc2ccccc2)CCN1COc1ccc(Cl)cc1. The van der Waals surface area contributed by atoms with Crippen molar-refractivity contribution in [3.05, 3.63) is 70.9 Å². The van der Waals surface area contributed by atoms with E-state index in [2.05, 4.69) is 23.0 Å². The molecule has 2 aromatic rings. The highest BCUT2D eigenvalue weighted by molar-refractivity contribution is 6.30. The maximum atomic E-state index is 11.3. The second-order valence-corrected chi connectivity index (χ2v) is 6.17. The topological polar surface area (TPSA) is 32.8 Å². The lowest BCUT2D eigenvalue weighted by Gasteiger charge is -2.36. The summed E-state index contributed by atoms with van der Waals surface area (Å²) in [5, 5.41) is 0.672. The fourth-order valence-corrected chi connectivity index (χ4v) is 2.81. The number of rotatable bonds is 5. The highest BCUT2D eigenvalue weighted by atomic mass is 35.5. The third kappa shape index (κ3) is 4.39. The maximum absolute atomic E-state index is 11.3. The van der Waals surface area contributed by atoms with Crippen LogP contribution in [0.5, 0.6) is 5.75 Å². The molecular formula is C19H19ClN2O2. The van der Waals surface area contributed by atoms with Crippen LogP contribution in [-0.4, -0.2) is 42.1 Å². The third-order valence-corrected chi connectivity index (χ3v) is 4.26. The van der Waals surface area contributed by atoms with Gasteiger partial charge in [-0.1, -0.05) is 41.9 Å². The van der Waals surface area contributed by atoms with Gasteiger partial charge in [-0.05, 0) is 29.8 Å². The van der Waals surface area contributed by atoms with Crippen molar-refractivity contribution in [1.29, 1.82) is 0 Å². The number of hydrogen-bond acceptors (Lipinski definition) is 4. The van der Waals surface area contributed by atoms with Gasteiger partial charge in [-0.15, -0.1) is 0 Å². The van der Waals surface area contributed by atoms with E-state index in [1.807, 2.05) is 35.2 Å². The molecule has 0 atom stereocenters. The van der Waals surface area contributed by atoms with Gasteiger partial charge in [0.25, 0.3) is 0 Å². The molecule has 3 rings (SSSR count). The molecule has 2 aromatic carbocycles. The number of nitrogens with zero attached hydrogens (tertiary/aromatic N) is 2. The van der Waals surface area contributed by atoms with Gasteiger partial charge >= 0.3 is 0 Å². The van der Waals surface area contributed by atoms with Crippen molar-refractivity contribution in [2.24, 2.45) is 0 Å². The van der Waals surface area contributed by atoms with E-state index in [1.54, 1.807) is 12.1 Å². The van der Waals surface area contributed by atoms with Crippen LogP contribution >= 0.6 is 11.6 Å². The zero-order valence-electron chi connectivity index (χ0n) is 13.3. The molecule has 1 saturated heterocycles. The second kappa shape index (κ2) is 8.02. The summed E-state index contributed by atoms with van der Waals surface area (Å²) in [7, 11) is 0. The average Bonchev–Trinajstić information content (AvgIpc) is 2.62. The Balaban J connectivity index is 1.55. The Labute approximate surface area is 146 Å². The lowest BCUT2D eigenvalue weighted by atomic mass is 10.2. The van der Waals surface area contributed by atoms with Crippen LogP contribution in [-0.2, 0) is 11.3 Å². The van der Waals surface area contributed by atoms with Crippen molar-refractivity contribution < 1.29 is 9.53 Å². The molecule has 5 heteroatoms. The summed E-state index contributed by atoms with van der Waals surface area (Å²) in [5.41, 5.74) is 1.87. The van der Waals surface area contributed by atoms with Gasteiger partial charge in [0.05, 0.1) is 0 Å². The molecule has 0 saturated carbocycles. The van der Waals surface area contributed by atoms with E-state index in [1.165, 1.54) is 5.56 Å². The van der Waals surface area contributed by atoms with Crippen molar-refractivity contribution >= 4 is 17.5 Å². The largest absolute Gasteiger partial charge is 0.473 e. The standard InChI is InChI=1S/C19H19ClN2O2/c20-17-6-8-19(9-7-17)24-15-22-11-10-21(13-18(22)14-23)12-16-4-2-1-3-5-16/h1-9H,10-13,15H2. The highest BCUT2D eigenvalue weighted by Gasteiger charge is 2.22. The molecule has 0 unspecified atom stereocenters. The first-order valence-corrected chi connectivity index (χ1v) is 8.26. The lowest BCUT2D eigenvalue weighted by Crippen LogP contribution is -2.45. The van der Waals surface area contributed by atoms with Crippen LogP contribution in [0.25, 0.3) is 0 Å². The Morgan fingerprint density at radius 3 is 2.50 bits per heavy atom. The van der Waals surface area contributed by atoms with Crippen molar-refractivity contribution in [2.45, 2.75) is 6.54 Å². The summed E-state index contributed by atoms with van der Waals surface area (Å²) in [4.78, 5) is 15.5. The fraction of sp³-hybridized carbons (Fsp3) is 0.263. The number of carbonyl (C=O) groups excluding carboxylic acids is 1. The first-order chi connectivity index (χ1) is 11.7. The summed E-state index contributed by atoms with van der Waals surface area (Å²) in [6.45, 7) is 3.38. The van der Waals surface area contributed by atoms with Crippen LogP contribution in [0.2, 0.25) is 5.02 Å². The molecule has 0 aromatic heterocycles. The molecule has 1 heterocycles. The van der Waals surface area contributed by atoms with E-state index >= 15 is 0 Å². The number of hydrogen-bond donors (Lipinski definition) is 0. The zero-order valence-corrected chi connectivity index (χ0v) is 14.1. The maximum Gasteiger partial charge on any atom is 0.161 e. The van der Waals surface area contributed by atoms with Gasteiger partial charge in [0, 0.05) is 31.2 Å². The van der Waals surface area contributed by atoms with E-state index in [-0.39, 0.29) is 0 Å². The van der Waals surface area contributed by atoms with Gasteiger partial charge in [0.1, 0.15) is 17.4 Å². The van der Waals surface area contributed by atoms with Crippen molar-refractivity contribution in [2.75, 3.05) is 26.4 Å². The minimum absolute atomic E-state index is 0.339. The molecular weight excluding hydrogens is 324 g/mol. The molecule has 1 aliphatic rings. The summed E-state index contributed by atoms with van der Waals surface area (Å²) in [5.74, 6) is 2.80. The molecule has 0 bridgehead atoms. The van der Waals surface area contributed by atoms with Gasteiger partial charge in [-0.2, -0.15) is 0 Å². The summed E-state index contributed by atoms with van der Waals surface area (Å²) >= 11 is 5.86. The van der Waals surface area contributed by atoms with E-state index in [0.717, 1.165) is 25.4 Å². The van der Waals surface area contributed by atoms with Crippen molar-refractivity contribution in [3.63, 3.8) is 0 Å². The quantitative estimate of drug-likeness (QED) is 0.781. The Hall–Kier alpha value is -2.26. The Kier molecular flexibility index (Phi) is 5.55. The predicted molar refractivity (Wildman–Crippen MR) is 94.6 cm³/mol. The second-order valence-electron chi connectivity index (χ2n) is 5.74. The van der Waals surface area contributed by atoms with Crippen molar-refractivity contribution in [1.82, 2.24) is 9.80 Å². The molecule has 24 heavy (non-hydrogen) atoms. The van der Waals surface area contributed by atoms with Crippen LogP contribution in [0.1, 0.15) is 5.56 Å². The molecule has 0 spiro atoms. The molecule has 0 aliphatic carbocycles. The molecule has 1 fully saturated rings. The fourth-order valence-electron chi connectivity index (χ4n) is 2.69. The summed E-state index contributed by atoms with van der Waals surface area (Å²) in [6, 6.07) is 17.5. The number of benzene rings is 2. The van der Waals surface area contributed by atoms with Crippen LogP contribution in [0, 0.1) is 0 Å². The van der Waals surface area contributed by atoms with Gasteiger partial charge in [-0.25, -0.2) is 4.79 Å². The summed E-state index contributed by atoms with van der Waals surface area (Å²) in [6.07, 6.45) is 0. The lowest BCUT2D eigenvalue weighted by molar-refractivity contribution is 0.101. The molecule has 4 nitrogen and oxygen atoms in total. The minimum atomic E-state index is 0.339. The van der Waals surface area contributed by atoms with Crippen LogP contribution in [0.15, 0.2) is 60.3 Å². The highest BCUT2D eigenvalue weighted by Crippen LogP contribution is 2.18. The molecule has 0 radical (unpaired) electrons. The number of ether oxygens (including phenoxy) is 1. The summed E-state index contributed by atoms with van der Waals surface area (Å²) < 4.78 is 5.74. The molecule has 0 amide bonds. The third-order valence-electron chi connectivity index (χ3n) is 4.01. The van der Waals surface area contributed by atoms with Crippen LogP contribution in [0.4, 0.5) is 0 Å². The smallest absolute Gasteiger partial charge is 0.161 e. The van der Waals surface area contributed by atoms with Gasteiger partial charge < -0.3 is 9.64 Å². The molecule has 124 valence electrons. The number of piperazine rings is 1. The Morgan fingerprint density at radius 2 is 1.79 bits per heavy atom. The van der Waals surface area contributed by atoms with Gasteiger partial charge in [0.2, 0.25) is 0 Å². The first-order valence-electron chi connectivity index (χ1n) is 7.88. The van der Waals surface area contributed by atoms with E-state index in [0.29, 0.717) is 24.0 Å². The van der Waals surface area contributed by atoms with E-state index in [4.69, 9.17) is 16.3 Å². The molecule has 1 aliphatic heterocycles. The first kappa shape index (κ1) is 16.6.